The highest BCUT2D eigenvalue weighted by atomic mass is 19.1. The average Bonchev–Trinajstić information content (AvgIpc) is 2.25. The van der Waals surface area contributed by atoms with Gasteiger partial charge in [-0.05, 0) is 13.0 Å². The first-order valence-electron chi connectivity index (χ1n) is 4.31. The number of rotatable bonds is 3. The number of carbonyl (C=O) groups is 2. The van der Waals surface area contributed by atoms with Crippen molar-refractivity contribution in [3.8, 4) is 0 Å². The van der Waals surface area contributed by atoms with Gasteiger partial charge in [0.15, 0.2) is 6.29 Å². The van der Waals surface area contributed by atoms with Crippen LogP contribution in [0.3, 0.4) is 0 Å². The van der Waals surface area contributed by atoms with E-state index in [-0.39, 0.29) is 11.4 Å². The van der Waals surface area contributed by atoms with Gasteiger partial charge in [0.05, 0.1) is 0 Å². The molecule has 16 heavy (non-hydrogen) atoms. The molecule has 84 valence electrons. The number of benzene rings is 1. The van der Waals surface area contributed by atoms with E-state index in [1.54, 1.807) is 0 Å². The number of oxime groups is 1. The summed E-state index contributed by atoms with van der Waals surface area (Å²) in [6.45, 7) is 1.40. The Labute approximate surface area is 90.7 Å². The largest absolute Gasteiger partial charge is 0.385 e. The van der Waals surface area contributed by atoms with Crippen molar-refractivity contribution in [2.75, 3.05) is 0 Å². The van der Waals surface area contributed by atoms with Crippen LogP contribution in [0.2, 0.25) is 0 Å². The van der Waals surface area contributed by atoms with E-state index in [4.69, 9.17) is 5.73 Å². The number of amidine groups is 1. The lowest BCUT2D eigenvalue weighted by atomic mass is 10.1. The van der Waals surface area contributed by atoms with E-state index in [2.05, 4.69) is 9.99 Å². The molecule has 0 spiro atoms. The van der Waals surface area contributed by atoms with E-state index in [0.717, 1.165) is 6.07 Å². The summed E-state index contributed by atoms with van der Waals surface area (Å²) in [5.41, 5.74) is 4.58. The molecule has 0 aromatic heterocycles. The Hall–Kier alpha value is -2.24. The fraction of sp³-hybridized carbons (Fsp3) is 0.100. The molecule has 0 aliphatic carbocycles. The average molecular weight is 224 g/mol. The van der Waals surface area contributed by atoms with Crippen molar-refractivity contribution in [1.82, 2.24) is 0 Å². The molecule has 0 heterocycles. The molecule has 1 aromatic carbocycles. The lowest BCUT2D eigenvalue weighted by Gasteiger charge is -2.02. The predicted molar refractivity (Wildman–Crippen MR) is 54.5 cm³/mol. The quantitative estimate of drug-likeness (QED) is 0.274. The van der Waals surface area contributed by atoms with Crippen molar-refractivity contribution < 1.29 is 18.8 Å². The zero-order valence-corrected chi connectivity index (χ0v) is 8.44. The lowest BCUT2D eigenvalue weighted by molar-refractivity contribution is 0.0508. The lowest BCUT2D eigenvalue weighted by Crippen LogP contribution is -2.12. The highest BCUT2D eigenvalue weighted by Crippen LogP contribution is 2.13. The molecule has 0 aliphatic rings. The normalized spacial score (nSPS) is 11.0. The van der Waals surface area contributed by atoms with Crippen LogP contribution >= 0.6 is 0 Å². The maximum Gasteiger partial charge on any atom is 0.369 e. The summed E-state index contributed by atoms with van der Waals surface area (Å²) >= 11 is 0. The molecule has 0 fully saturated rings. The van der Waals surface area contributed by atoms with Crippen molar-refractivity contribution in [3.63, 3.8) is 0 Å². The summed E-state index contributed by atoms with van der Waals surface area (Å²) in [5.74, 6) is -1.90. The number of hydrogen-bond donors (Lipinski definition) is 1. The Morgan fingerprint density at radius 3 is 2.81 bits per heavy atom. The van der Waals surface area contributed by atoms with Gasteiger partial charge in [0.1, 0.15) is 17.2 Å². The van der Waals surface area contributed by atoms with Gasteiger partial charge >= 0.3 is 5.97 Å². The molecule has 0 saturated heterocycles. The third kappa shape index (κ3) is 2.63. The highest BCUT2D eigenvalue weighted by Gasteiger charge is 2.18. The van der Waals surface area contributed by atoms with Gasteiger partial charge < -0.3 is 10.6 Å². The molecule has 5 nitrogen and oxygen atoms in total. The van der Waals surface area contributed by atoms with E-state index in [9.17, 15) is 14.0 Å². The first-order chi connectivity index (χ1) is 7.56. The second kappa shape index (κ2) is 5.01. The van der Waals surface area contributed by atoms with Crippen molar-refractivity contribution in [1.29, 1.82) is 0 Å². The minimum atomic E-state index is -1.06. The molecule has 6 heteroatoms. The van der Waals surface area contributed by atoms with E-state index in [1.807, 2.05) is 0 Å². The molecule has 2 N–H and O–H groups in total. The van der Waals surface area contributed by atoms with Gasteiger partial charge in [-0.3, -0.25) is 4.79 Å². The van der Waals surface area contributed by atoms with Crippen LogP contribution in [0, 0.1) is 5.82 Å². The molecule has 0 atom stereocenters. The molecule has 0 aliphatic heterocycles. The Morgan fingerprint density at radius 2 is 2.25 bits per heavy atom. The first-order valence-corrected chi connectivity index (χ1v) is 4.31. The van der Waals surface area contributed by atoms with Gasteiger partial charge in [0, 0.05) is 5.56 Å². The fourth-order valence-electron chi connectivity index (χ4n) is 1.01. The van der Waals surface area contributed by atoms with Gasteiger partial charge in [-0.1, -0.05) is 17.3 Å². The van der Waals surface area contributed by atoms with Crippen LogP contribution in [0.5, 0.6) is 0 Å². The number of halogens is 1. The molecule has 0 unspecified atom stereocenters. The number of nitrogens with two attached hydrogens (primary N) is 1. The van der Waals surface area contributed by atoms with E-state index in [1.165, 1.54) is 19.1 Å². The smallest absolute Gasteiger partial charge is 0.369 e. The van der Waals surface area contributed by atoms with Gasteiger partial charge in [-0.25, -0.2) is 9.18 Å². The van der Waals surface area contributed by atoms with Crippen molar-refractivity contribution >= 4 is 18.1 Å². The zero-order valence-electron chi connectivity index (χ0n) is 8.44. The molecule has 0 bridgehead atoms. The number of nitrogens with zero attached hydrogens (tertiary/aromatic N) is 1. The minimum Gasteiger partial charge on any atom is -0.385 e. The fourth-order valence-corrected chi connectivity index (χ4v) is 1.01. The van der Waals surface area contributed by atoms with Crippen molar-refractivity contribution in [2.45, 2.75) is 6.92 Å². The Bertz CT molecular complexity index is 453. The second-order valence-electron chi connectivity index (χ2n) is 2.93. The maximum atomic E-state index is 13.3. The minimum absolute atomic E-state index is 0.0114. The van der Waals surface area contributed by atoms with Crippen LogP contribution in [-0.2, 0) is 4.84 Å². The summed E-state index contributed by atoms with van der Waals surface area (Å²) in [7, 11) is 0. The van der Waals surface area contributed by atoms with Crippen LogP contribution in [0.1, 0.15) is 27.6 Å². The number of hydrogen-bond acceptors (Lipinski definition) is 4. The Morgan fingerprint density at radius 1 is 1.56 bits per heavy atom. The number of aldehydes is 1. The highest BCUT2D eigenvalue weighted by molar-refractivity contribution is 5.98. The Kier molecular flexibility index (Phi) is 3.71. The molecule has 0 radical (unpaired) electrons. The third-order valence-corrected chi connectivity index (χ3v) is 1.65. The van der Waals surface area contributed by atoms with Crippen LogP contribution in [0.25, 0.3) is 0 Å². The van der Waals surface area contributed by atoms with Gasteiger partial charge in [-0.15, -0.1) is 0 Å². The van der Waals surface area contributed by atoms with E-state index < -0.39 is 17.3 Å². The topological polar surface area (TPSA) is 81.8 Å². The van der Waals surface area contributed by atoms with Crippen LogP contribution in [0.4, 0.5) is 4.39 Å². The Balaban J connectivity index is 3.07. The van der Waals surface area contributed by atoms with Gasteiger partial charge in [0.2, 0.25) is 0 Å². The third-order valence-electron chi connectivity index (χ3n) is 1.65. The van der Waals surface area contributed by atoms with Crippen LogP contribution in [-0.4, -0.2) is 18.1 Å². The molecular weight excluding hydrogens is 215 g/mol. The van der Waals surface area contributed by atoms with Crippen LogP contribution in [0.15, 0.2) is 23.4 Å². The van der Waals surface area contributed by atoms with Gasteiger partial charge in [-0.2, -0.15) is 0 Å². The van der Waals surface area contributed by atoms with E-state index >= 15 is 0 Å². The second-order valence-corrected chi connectivity index (χ2v) is 2.93. The molecule has 1 rings (SSSR count). The monoisotopic (exact) mass is 224 g/mol. The molecule has 1 aromatic rings. The SMILES string of the molecule is C/C(N)=N\OC(=O)c1c(F)cccc1C=O. The van der Waals surface area contributed by atoms with Crippen molar-refractivity contribution in [2.24, 2.45) is 10.9 Å². The molecule has 0 saturated carbocycles. The van der Waals surface area contributed by atoms with Crippen molar-refractivity contribution in [3.05, 3.63) is 35.1 Å². The van der Waals surface area contributed by atoms with Crippen LogP contribution < -0.4 is 5.73 Å². The zero-order chi connectivity index (χ0) is 12.1. The van der Waals surface area contributed by atoms with E-state index in [0.29, 0.717) is 6.29 Å². The first kappa shape index (κ1) is 11.8. The predicted octanol–water partition coefficient (Wildman–Crippen LogP) is 1.09. The summed E-state index contributed by atoms with van der Waals surface area (Å²) < 4.78 is 13.3. The molecular formula is C10H9FN2O3. The molecule has 0 amide bonds. The summed E-state index contributed by atoms with van der Waals surface area (Å²) in [6, 6.07) is 3.65. The van der Waals surface area contributed by atoms with Gasteiger partial charge in [0.25, 0.3) is 0 Å². The standard InChI is InChI=1S/C10H9FN2O3/c1-6(12)13-16-10(15)9-7(5-14)3-2-4-8(9)11/h2-5H,1H3,(H2,12,13). The maximum absolute atomic E-state index is 13.3. The summed E-state index contributed by atoms with van der Waals surface area (Å²) in [5, 5.41) is 3.18. The summed E-state index contributed by atoms with van der Waals surface area (Å²) in [6.07, 6.45) is 0.360. The summed E-state index contributed by atoms with van der Waals surface area (Å²) in [4.78, 5) is 26.3. The number of carbonyl (C=O) groups excluding carboxylic acids is 2.